The first-order chi connectivity index (χ1) is 8.44. The minimum absolute atomic E-state index is 0.163. The van der Waals surface area contributed by atoms with Crippen molar-refractivity contribution < 1.29 is 4.39 Å². The first-order valence-corrected chi connectivity index (χ1v) is 6.62. The predicted octanol–water partition coefficient (Wildman–Crippen LogP) is 3.29. The Morgan fingerprint density at radius 1 is 1.33 bits per heavy atom. The van der Waals surface area contributed by atoms with E-state index in [2.05, 4.69) is 31.0 Å². The largest absolute Gasteiger partial charge is 0.374 e. The van der Waals surface area contributed by atoms with Gasteiger partial charge in [-0.3, -0.25) is 0 Å². The van der Waals surface area contributed by atoms with Crippen molar-refractivity contribution in [1.29, 1.82) is 0 Å². The second kappa shape index (κ2) is 6.74. The van der Waals surface area contributed by atoms with E-state index in [1.54, 1.807) is 12.1 Å². The Kier molecular flexibility index (Phi) is 5.60. The summed E-state index contributed by atoms with van der Waals surface area (Å²) in [6, 6.07) is 6.75. The third-order valence-electron chi connectivity index (χ3n) is 2.94. The summed E-state index contributed by atoms with van der Waals surface area (Å²) < 4.78 is 13.2. The van der Waals surface area contributed by atoms with E-state index >= 15 is 0 Å². The molecular weight excluding hydrogens is 227 g/mol. The van der Waals surface area contributed by atoms with Crippen LogP contribution in [0.5, 0.6) is 0 Å². The van der Waals surface area contributed by atoms with Gasteiger partial charge in [0.05, 0.1) is 0 Å². The van der Waals surface area contributed by atoms with Gasteiger partial charge >= 0.3 is 0 Å². The quantitative estimate of drug-likeness (QED) is 0.749. The molecule has 0 aliphatic carbocycles. The monoisotopic (exact) mass is 252 g/mol. The van der Waals surface area contributed by atoms with Gasteiger partial charge < -0.3 is 10.2 Å². The summed E-state index contributed by atoms with van der Waals surface area (Å²) >= 11 is 0. The van der Waals surface area contributed by atoms with Crippen LogP contribution in [0.3, 0.4) is 0 Å². The maximum atomic E-state index is 13.2. The van der Waals surface area contributed by atoms with E-state index in [0.717, 1.165) is 31.7 Å². The molecule has 18 heavy (non-hydrogen) atoms. The highest BCUT2D eigenvalue weighted by Crippen LogP contribution is 2.21. The molecule has 1 rings (SSSR count). The van der Waals surface area contributed by atoms with Gasteiger partial charge in [0.2, 0.25) is 0 Å². The minimum Gasteiger partial charge on any atom is -0.374 e. The van der Waals surface area contributed by atoms with Gasteiger partial charge in [0.1, 0.15) is 5.82 Å². The van der Waals surface area contributed by atoms with Crippen LogP contribution in [0.15, 0.2) is 24.3 Å². The average molecular weight is 252 g/mol. The van der Waals surface area contributed by atoms with Gasteiger partial charge in [-0.1, -0.05) is 26.8 Å². The normalized spacial score (nSPS) is 11.6. The van der Waals surface area contributed by atoms with Crippen molar-refractivity contribution in [3.8, 4) is 0 Å². The fourth-order valence-electron chi connectivity index (χ4n) is 2.11. The molecule has 1 aromatic carbocycles. The third-order valence-corrected chi connectivity index (χ3v) is 2.94. The van der Waals surface area contributed by atoms with Gasteiger partial charge in [0, 0.05) is 25.8 Å². The van der Waals surface area contributed by atoms with Crippen LogP contribution < -0.4 is 10.2 Å². The van der Waals surface area contributed by atoms with Gasteiger partial charge in [-0.2, -0.15) is 0 Å². The fraction of sp³-hybridized carbons (Fsp3) is 0.600. The van der Waals surface area contributed by atoms with Crippen LogP contribution in [0.4, 0.5) is 10.1 Å². The topological polar surface area (TPSA) is 15.3 Å². The standard InChI is InChI=1S/C15H25FN2/c1-5-9-17-11-15(2,3)12-18(4)14-8-6-7-13(16)10-14/h6-8,10,17H,5,9,11-12H2,1-4H3. The van der Waals surface area contributed by atoms with Crippen LogP contribution >= 0.6 is 0 Å². The number of nitrogens with zero attached hydrogens (tertiary/aromatic N) is 1. The maximum Gasteiger partial charge on any atom is 0.125 e. The van der Waals surface area contributed by atoms with Crippen molar-refractivity contribution >= 4 is 5.69 Å². The summed E-state index contributed by atoms with van der Waals surface area (Å²) in [7, 11) is 2.01. The van der Waals surface area contributed by atoms with E-state index in [4.69, 9.17) is 0 Å². The van der Waals surface area contributed by atoms with E-state index in [1.807, 2.05) is 13.1 Å². The van der Waals surface area contributed by atoms with Crippen molar-refractivity contribution in [3.63, 3.8) is 0 Å². The van der Waals surface area contributed by atoms with Crippen LogP contribution in [0.2, 0.25) is 0 Å². The van der Waals surface area contributed by atoms with Crippen LogP contribution in [0.1, 0.15) is 27.2 Å². The molecule has 102 valence electrons. The molecule has 1 aromatic rings. The number of nitrogens with one attached hydrogen (secondary N) is 1. The molecule has 0 saturated carbocycles. The summed E-state index contributed by atoms with van der Waals surface area (Å²) in [5, 5.41) is 3.44. The Morgan fingerprint density at radius 2 is 2.06 bits per heavy atom. The number of benzene rings is 1. The molecular formula is C15H25FN2. The lowest BCUT2D eigenvalue weighted by Crippen LogP contribution is -2.39. The van der Waals surface area contributed by atoms with E-state index in [9.17, 15) is 4.39 Å². The Morgan fingerprint density at radius 3 is 2.67 bits per heavy atom. The molecule has 0 aromatic heterocycles. The molecule has 0 unspecified atom stereocenters. The summed E-state index contributed by atoms with van der Waals surface area (Å²) in [6.07, 6.45) is 1.15. The second-order valence-electron chi connectivity index (χ2n) is 5.68. The maximum absolute atomic E-state index is 13.2. The number of halogens is 1. The zero-order valence-corrected chi connectivity index (χ0v) is 12.0. The molecule has 0 spiro atoms. The highest BCUT2D eigenvalue weighted by atomic mass is 19.1. The van der Waals surface area contributed by atoms with E-state index in [-0.39, 0.29) is 11.2 Å². The van der Waals surface area contributed by atoms with Crippen LogP contribution in [0.25, 0.3) is 0 Å². The second-order valence-corrected chi connectivity index (χ2v) is 5.68. The summed E-state index contributed by atoms with van der Waals surface area (Å²) in [5.74, 6) is -0.179. The lowest BCUT2D eigenvalue weighted by Gasteiger charge is -2.32. The Balaban J connectivity index is 2.55. The number of anilines is 1. The van der Waals surface area contributed by atoms with Crippen molar-refractivity contribution in [2.75, 3.05) is 31.6 Å². The molecule has 0 aliphatic heterocycles. The molecule has 2 nitrogen and oxygen atoms in total. The first kappa shape index (κ1) is 15.0. The van der Waals surface area contributed by atoms with Crippen LogP contribution in [0, 0.1) is 11.2 Å². The average Bonchev–Trinajstić information content (AvgIpc) is 2.28. The molecule has 1 N–H and O–H groups in total. The molecule has 0 saturated heterocycles. The molecule has 0 radical (unpaired) electrons. The summed E-state index contributed by atoms with van der Waals surface area (Å²) in [6.45, 7) is 9.54. The molecule has 0 heterocycles. The van der Waals surface area contributed by atoms with Gasteiger partial charge in [-0.25, -0.2) is 4.39 Å². The van der Waals surface area contributed by atoms with Gasteiger partial charge in [0.15, 0.2) is 0 Å². The number of hydrogen-bond acceptors (Lipinski definition) is 2. The van der Waals surface area contributed by atoms with E-state index < -0.39 is 0 Å². The zero-order valence-electron chi connectivity index (χ0n) is 12.0. The molecule has 0 bridgehead atoms. The Labute approximate surface area is 110 Å². The lowest BCUT2D eigenvalue weighted by atomic mass is 9.92. The van der Waals surface area contributed by atoms with Gasteiger partial charge in [-0.05, 0) is 36.6 Å². The summed E-state index contributed by atoms with van der Waals surface area (Å²) in [5.41, 5.74) is 1.09. The van der Waals surface area contributed by atoms with E-state index in [1.165, 1.54) is 6.07 Å². The smallest absolute Gasteiger partial charge is 0.125 e. The molecule has 0 fully saturated rings. The van der Waals surface area contributed by atoms with Crippen LogP contribution in [-0.2, 0) is 0 Å². The van der Waals surface area contributed by atoms with E-state index in [0.29, 0.717) is 0 Å². The van der Waals surface area contributed by atoms with Crippen LogP contribution in [-0.4, -0.2) is 26.7 Å². The highest BCUT2D eigenvalue weighted by molar-refractivity contribution is 5.45. The summed E-state index contributed by atoms with van der Waals surface area (Å²) in [4.78, 5) is 2.11. The van der Waals surface area contributed by atoms with Gasteiger partial charge in [-0.15, -0.1) is 0 Å². The SMILES string of the molecule is CCCNCC(C)(C)CN(C)c1cccc(F)c1. The molecule has 0 amide bonds. The zero-order chi connectivity index (χ0) is 13.6. The van der Waals surface area contributed by atoms with Crippen molar-refractivity contribution in [1.82, 2.24) is 5.32 Å². The van der Waals surface area contributed by atoms with Crippen molar-refractivity contribution in [3.05, 3.63) is 30.1 Å². The van der Waals surface area contributed by atoms with Gasteiger partial charge in [0.25, 0.3) is 0 Å². The molecule has 0 atom stereocenters. The number of rotatable bonds is 7. The fourth-order valence-corrected chi connectivity index (χ4v) is 2.11. The first-order valence-electron chi connectivity index (χ1n) is 6.62. The predicted molar refractivity (Wildman–Crippen MR) is 76.6 cm³/mol. The molecule has 0 aliphatic rings. The third kappa shape index (κ3) is 5.05. The molecule has 3 heteroatoms. The van der Waals surface area contributed by atoms with Crippen molar-refractivity contribution in [2.24, 2.45) is 5.41 Å². The Bertz CT molecular complexity index is 363. The Hall–Kier alpha value is -1.09. The lowest BCUT2D eigenvalue weighted by molar-refractivity contribution is 0.347. The van der Waals surface area contributed by atoms with Crippen molar-refractivity contribution in [2.45, 2.75) is 27.2 Å². The number of hydrogen-bond donors (Lipinski definition) is 1. The highest BCUT2D eigenvalue weighted by Gasteiger charge is 2.20. The minimum atomic E-state index is -0.179.